The molecule has 140 valence electrons. The minimum absolute atomic E-state index is 0.222. The average Bonchev–Trinajstić information content (AvgIpc) is 2.60. The van der Waals surface area contributed by atoms with Crippen LogP contribution in [0, 0.1) is 0 Å². The molecule has 1 atom stereocenters. The van der Waals surface area contributed by atoms with E-state index in [1.165, 1.54) is 12.1 Å². The van der Waals surface area contributed by atoms with Gasteiger partial charge in [-0.1, -0.05) is 60.7 Å². The fourth-order valence-corrected chi connectivity index (χ4v) is 2.58. The molecule has 0 bridgehead atoms. The van der Waals surface area contributed by atoms with Gasteiger partial charge >= 0.3 is 21.6 Å². The molecule has 2 rings (SSSR count). The number of benzene rings is 2. The van der Waals surface area contributed by atoms with Crippen molar-refractivity contribution in [1.29, 1.82) is 0 Å². The standard InChI is InChI=1S/C17H15F3O5S/c18-17(19,20)26(22,23)25-15(11-13-7-3-1-4-8-13)16(21)24-12-14-9-5-2-6-10-14/h1-10,15H,11-12H2/t15-/m0/s1. The van der Waals surface area contributed by atoms with Gasteiger partial charge in [0.15, 0.2) is 6.10 Å². The predicted octanol–water partition coefficient (Wildman–Crippen LogP) is 3.21. The quantitative estimate of drug-likeness (QED) is 0.414. The van der Waals surface area contributed by atoms with Crippen molar-refractivity contribution in [2.24, 2.45) is 0 Å². The van der Waals surface area contributed by atoms with E-state index in [-0.39, 0.29) is 13.0 Å². The SMILES string of the molecule is O=C(OCc1ccccc1)[C@H](Cc1ccccc1)OS(=O)(=O)C(F)(F)F. The van der Waals surface area contributed by atoms with Crippen molar-refractivity contribution in [2.75, 3.05) is 0 Å². The van der Waals surface area contributed by atoms with Crippen molar-refractivity contribution in [2.45, 2.75) is 24.6 Å². The number of alkyl halides is 3. The Balaban J connectivity index is 2.15. The van der Waals surface area contributed by atoms with Crippen LogP contribution in [0.4, 0.5) is 13.2 Å². The Morgan fingerprint density at radius 3 is 1.92 bits per heavy atom. The molecule has 5 nitrogen and oxygen atoms in total. The fourth-order valence-electron chi connectivity index (χ4n) is 2.01. The number of carbonyl (C=O) groups is 1. The van der Waals surface area contributed by atoms with Gasteiger partial charge in [0.1, 0.15) is 6.61 Å². The van der Waals surface area contributed by atoms with Gasteiger partial charge in [0, 0.05) is 6.42 Å². The van der Waals surface area contributed by atoms with Crippen LogP contribution in [0.3, 0.4) is 0 Å². The second-order valence-electron chi connectivity index (χ2n) is 5.27. The van der Waals surface area contributed by atoms with E-state index in [1.807, 2.05) is 0 Å². The van der Waals surface area contributed by atoms with Gasteiger partial charge in [-0.3, -0.25) is 0 Å². The van der Waals surface area contributed by atoms with Crippen LogP contribution in [0.25, 0.3) is 0 Å². The number of esters is 1. The summed E-state index contributed by atoms with van der Waals surface area (Å²) in [5, 5.41) is 0. The molecule has 9 heteroatoms. The molecule has 0 fully saturated rings. The summed E-state index contributed by atoms with van der Waals surface area (Å²) < 4.78 is 69.4. The third-order valence-corrected chi connectivity index (χ3v) is 4.33. The van der Waals surface area contributed by atoms with Gasteiger partial charge in [0.25, 0.3) is 0 Å². The molecule has 0 spiro atoms. The normalized spacial score (nSPS) is 13.2. The molecule has 0 aliphatic heterocycles. The van der Waals surface area contributed by atoms with Crippen LogP contribution < -0.4 is 0 Å². The molecule has 0 radical (unpaired) electrons. The number of ether oxygens (including phenoxy) is 1. The highest BCUT2D eigenvalue weighted by molar-refractivity contribution is 7.87. The van der Waals surface area contributed by atoms with Gasteiger partial charge in [-0.15, -0.1) is 0 Å². The average molecular weight is 388 g/mol. The van der Waals surface area contributed by atoms with E-state index in [2.05, 4.69) is 4.18 Å². The third-order valence-electron chi connectivity index (χ3n) is 3.28. The summed E-state index contributed by atoms with van der Waals surface area (Å²) in [5.41, 5.74) is -4.62. The smallest absolute Gasteiger partial charge is 0.459 e. The van der Waals surface area contributed by atoms with Crippen molar-refractivity contribution < 1.29 is 35.3 Å². The fraction of sp³-hybridized carbons (Fsp3) is 0.235. The van der Waals surface area contributed by atoms with Gasteiger partial charge in [0.05, 0.1) is 0 Å². The number of carbonyl (C=O) groups excluding carboxylic acids is 1. The molecule has 0 saturated heterocycles. The molecule has 26 heavy (non-hydrogen) atoms. The largest absolute Gasteiger partial charge is 0.523 e. The molecule has 2 aromatic rings. The zero-order valence-corrected chi connectivity index (χ0v) is 14.2. The van der Waals surface area contributed by atoms with Crippen LogP contribution in [-0.2, 0) is 36.9 Å². The lowest BCUT2D eigenvalue weighted by Crippen LogP contribution is -2.36. The van der Waals surface area contributed by atoms with Crippen molar-refractivity contribution in [1.82, 2.24) is 0 Å². The number of rotatable bonds is 7. The zero-order valence-electron chi connectivity index (χ0n) is 13.3. The van der Waals surface area contributed by atoms with Crippen LogP contribution in [-0.4, -0.2) is 26.0 Å². The summed E-state index contributed by atoms with van der Waals surface area (Å²) in [5.74, 6) is -1.20. The number of halogens is 3. The summed E-state index contributed by atoms with van der Waals surface area (Å²) in [7, 11) is -5.95. The Hall–Kier alpha value is -2.39. The summed E-state index contributed by atoms with van der Waals surface area (Å²) in [6.45, 7) is -0.222. The maximum Gasteiger partial charge on any atom is 0.523 e. The summed E-state index contributed by atoms with van der Waals surface area (Å²) in [4.78, 5) is 12.1. The minimum Gasteiger partial charge on any atom is -0.459 e. The van der Waals surface area contributed by atoms with E-state index in [0.29, 0.717) is 11.1 Å². The zero-order chi connectivity index (χ0) is 19.2. The first-order chi connectivity index (χ1) is 12.2. The Morgan fingerprint density at radius 2 is 1.42 bits per heavy atom. The Labute approximate surface area is 148 Å². The molecular weight excluding hydrogens is 373 g/mol. The molecule has 0 aromatic heterocycles. The molecule has 0 amide bonds. The Morgan fingerprint density at radius 1 is 0.923 bits per heavy atom. The van der Waals surface area contributed by atoms with Gasteiger partial charge in [0.2, 0.25) is 0 Å². The first-order valence-corrected chi connectivity index (χ1v) is 8.84. The maximum absolute atomic E-state index is 12.6. The van der Waals surface area contributed by atoms with Crippen LogP contribution >= 0.6 is 0 Å². The van der Waals surface area contributed by atoms with Gasteiger partial charge < -0.3 is 4.74 Å². The lowest BCUT2D eigenvalue weighted by molar-refractivity contribution is -0.153. The van der Waals surface area contributed by atoms with Crippen molar-refractivity contribution in [3.05, 3.63) is 71.8 Å². The van der Waals surface area contributed by atoms with E-state index < -0.39 is 27.7 Å². The lowest BCUT2D eigenvalue weighted by atomic mass is 10.1. The topological polar surface area (TPSA) is 69.7 Å². The first kappa shape index (κ1) is 19.9. The lowest BCUT2D eigenvalue weighted by Gasteiger charge is -2.17. The minimum atomic E-state index is -5.95. The summed E-state index contributed by atoms with van der Waals surface area (Å²) in [6, 6.07) is 16.3. The highest BCUT2D eigenvalue weighted by Gasteiger charge is 2.49. The van der Waals surface area contributed by atoms with Crippen LogP contribution in [0.5, 0.6) is 0 Å². The van der Waals surface area contributed by atoms with Crippen LogP contribution in [0.1, 0.15) is 11.1 Å². The molecular formula is C17H15F3O5S. The highest BCUT2D eigenvalue weighted by Crippen LogP contribution is 2.27. The second kappa shape index (κ2) is 8.33. The van der Waals surface area contributed by atoms with Crippen molar-refractivity contribution in [3.8, 4) is 0 Å². The van der Waals surface area contributed by atoms with Crippen LogP contribution in [0.2, 0.25) is 0 Å². The molecule has 0 N–H and O–H groups in total. The monoisotopic (exact) mass is 388 g/mol. The molecule has 0 saturated carbocycles. The summed E-state index contributed by atoms with van der Waals surface area (Å²) in [6.07, 6.45) is -2.34. The van der Waals surface area contributed by atoms with E-state index in [4.69, 9.17) is 4.74 Å². The third kappa shape index (κ3) is 5.57. The van der Waals surface area contributed by atoms with Crippen molar-refractivity contribution >= 4 is 16.1 Å². The molecule has 0 aliphatic carbocycles. The molecule has 0 unspecified atom stereocenters. The molecule has 0 heterocycles. The van der Waals surface area contributed by atoms with E-state index in [0.717, 1.165) is 0 Å². The van der Waals surface area contributed by atoms with Crippen molar-refractivity contribution in [3.63, 3.8) is 0 Å². The van der Waals surface area contributed by atoms with Gasteiger partial charge in [-0.05, 0) is 11.1 Å². The van der Waals surface area contributed by atoms with Gasteiger partial charge in [-0.25, -0.2) is 8.98 Å². The Bertz CT molecular complexity index is 820. The second-order valence-corrected chi connectivity index (χ2v) is 6.83. The van der Waals surface area contributed by atoms with Crippen LogP contribution in [0.15, 0.2) is 60.7 Å². The first-order valence-electron chi connectivity index (χ1n) is 7.43. The molecule has 0 aliphatic rings. The Kier molecular flexibility index (Phi) is 6.38. The predicted molar refractivity (Wildman–Crippen MR) is 86.2 cm³/mol. The van der Waals surface area contributed by atoms with E-state index >= 15 is 0 Å². The van der Waals surface area contributed by atoms with Gasteiger partial charge in [-0.2, -0.15) is 21.6 Å². The van der Waals surface area contributed by atoms with E-state index in [9.17, 15) is 26.4 Å². The number of hydrogen-bond donors (Lipinski definition) is 0. The summed E-state index contributed by atoms with van der Waals surface area (Å²) >= 11 is 0. The number of hydrogen-bond acceptors (Lipinski definition) is 5. The van der Waals surface area contributed by atoms with E-state index in [1.54, 1.807) is 48.5 Å². The highest BCUT2D eigenvalue weighted by atomic mass is 32.2. The maximum atomic E-state index is 12.6. The molecule has 2 aromatic carbocycles.